The number of aromatic nitrogens is 4. The van der Waals surface area contributed by atoms with E-state index in [2.05, 4.69) is 83.0 Å². The smallest absolute Gasteiger partial charge is 0.407 e. The number of ether oxygens (including phenoxy) is 2. The second kappa shape index (κ2) is 16.7. The van der Waals surface area contributed by atoms with Gasteiger partial charge in [-0.1, -0.05) is 87.5 Å². The highest BCUT2D eigenvalue weighted by Crippen LogP contribution is 2.42. The summed E-state index contributed by atoms with van der Waals surface area (Å²) in [6, 6.07) is 28.1. The highest BCUT2D eigenvalue weighted by Gasteiger charge is 2.45. The van der Waals surface area contributed by atoms with Crippen molar-refractivity contribution in [2.75, 3.05) is 20.8 Å². The number of hydrogen-bond donors (Lipinski definition) is 4. The molecule has 63 heavy (non-hydrogen) atoms. The van der Waals surface area contributed by atoms with Crippen molar-refractivity contribution in [1.29, 1.82) is 0 Å². The number of hydrogen-bond acceptors (Lipinski definition) is 8. The quantitative estimate of drug-likeness (QED) is 0.111. The molecule has 6 atom stereocenters. The van der Waals surface area contributed by atoms with Gasteiger partial charge in [-0.25, -0.2) is 19.6 Å². The largest absolute Gasteiger partial charge is 0.453 e. The van der Waals surface area contributed by atoms with E-state index in [1.54, 1.807) is 0 Å². The Hall–Kier alpha value is -6.96. The number of aromatic amines is 2. The molecule has 0 saturated carbocycles. The summed E-state index contributed by atoms with van der Waals surface area (Å²) in [6.45, 7) is 8.57. The highest BCUT2D eigenvalue weighted by molar-refractivity contribution is 6.07. The lowest BCUT2D eigenvalue weighted by Crippen LogP contribution is -2.52. The van der Waals surface area contributed by atoms with Gasteiger partial charge in [0.15, 0.2) is 0 Å². The van der Waals surface area contributed by atoms with Gasteiger partial charge < -0.3 is 39.9 Å². The van der Waals surface area contributed by atoms with Crippen molar-refractivity contribution in [3.8, 4) is 11.1 Å². The third-order valence-electron chi connectivity index (χ3n) is 12.9. The second-order valence-electron chi connectivity index (χ2n) is 17.3. The van der Waals surface area contributed by atoms with E-state index in [-0.39, 0.29) is 41.8 Å². The molecule has 2 aromatic heterocycles. The number of nitrogens with one attached hydrogen (secondary N) is 4. The summed E-state index contributed by atoms with van der Waals surface area (Å²) < 4.78 is 9.71. The van der Waals surface area contributed by atoms with Crippen LogP contribution in [0.4, 0.5) is 9.59 Å². The van der Waals surface area contributed by atoms with Crippen LogP contribution in [-0.4, -0.2) is 86.6 Å². The Bertz CT molecular complexity index is 2890. The molecule has 14 heteroatoms. The van der Waals surface area contributed by atoms with Crippen LogP contribution in [0.5, 0.6) is 0 Å². The SMILES string of the molecule is COC(=O)N[C@H](C(=O)N1[C@H](c2nc3c(ccc4cc(-c5ccc6c(ccc7[nH]c([C@@H]8CCCN8C(=O)[C@H](NC(=O)OC)c8ccccc8)nc76)c5)ccc43)[nH]2)[C@H](C)C[C@@H]1C)C(C)C. The summed E-state index contributed by atoms with van der Waals surface area (Å²) in [5, 5.41) is 9.58. The number of rotatable bonds is 9. The molecule has 4 heterocycles. The van der Waals surface area contributed by atoms with Crippen LogP contribution in [0, 0.1) is 11.8 Å². The Kier molecular flexibility index (Phi) is 11.0. The number of likely N-dealkylation sites (tertiary alicyclic amines) is 2. The first-order chi connectivity index (χ1) is 30.4. The molecule has 324 valence electrons. The molecule has 0 radical (unpaired) electrons. The van der Waals surface area contributed by atoms with E-state index >= 15 is 0 Å². The van der Waals surface area contributed by atoms with E-state index in [9.17, 15) is 19.2 Å². The number of H-pyrrole nitrogens is 2. The number of carbonyl (C=O) groups is 4. The summed E-state index contributed by atoms with van der Waals surface area (Å²) in [7, 11) is 2.58. The minimum atomic E-state index is -0.893. The zero-order valence-corrected chi connectivity index (χ0v) is 36.3. The van der Waals surface area contributed by atoms with E-state index in [1.165, 1.54) is 14.2 Å². The third-order valence-corrected chi connectivity index (χ3v) is 12.9. The molecule has 2 aliphatic heterocycles. The molecule has 0 bridgehead atoms. The van der Waals surface area contributed by atoms with Gasteiger partial charge in [-0.2, -0.15) is 0 Å². The van der Waals surface area contributed by atoms with Crippen LogP contribution in [0.2, 0.25) is 0 Å². The van der Waals surface area contributed by atoms with Crippen LogP contribution < -0.4 is 10.6 Å². The molecule has 0 unspecified atom stereocenters. The number of amides is 4. The van der Waals surface area contributed by atoms with Crippen molar-refractivity contribution in [2.45, 2.75) is 77.2 Å². The zero-order valence-electron chi connectivity index (χ0n) is 36.3. The first kappa shape index (κ1) is 41.4. The van der Waals surface area contributed by atoms with Gasteiger partial charge in [-0.05, 0) is 89.8 Å². The van der Waals surface area contributed by atoms with Crippen molar-refractivity contribution >= 4 is 67.6 Å². The molecular formula is C49H52N8O6. The molecule has 7 aromatic rings. The zero-order chi connectivity index (χ0) is 44.1. The molecule has 0 aliphatic carbocycles. The Balaban J connectivity index is 0.986. The van der Waals surface area contributed by atoms with Gasteiger partial charge in [0, 0.05) is 23.4 Å². The molecular weight excluding hydrogens is 797 g/mol. The molecule has 9 rings (SSSR count). The molecule has 14 nitrogen and oxygen atoms in total. The maximum absolute atomic E-state index is 14.1. The predicted molar refractivity (Wildman–Crippen MR) is 242 cm³/mol. The van der Waals surface area contributed by atoms with Crippen molar-refractivity contribution in [3.63, 3.8) is 0 Å². The molecule has 4 amide bonds. The first-order valence-corrected chi connectivity index (χ1v) is 21.7. The molecule has 4 N–H and O–H groups in total. The number of fused-ring (bicyclic) bond motifs is 6. The maximum atomic E-state index is 14.1. The van der Waals surface area contributed by atoms with Crippen molar-refractivity contribution in [2.24, 2.45) is 11.8 Å². The summed E-state index contributed by atoms with van der Waals surface area (Å²) in [5.41, 5.74) is 6.25. The Morgan fingerprint density at radius 1 is 0.730 bits per heavy atom. The summed E-state index contributed by atoms with van der Waals surface area (Å²) in [4.78, 5) is 73.7. The van der Waals surface area contributed by atoms with Crippen LogP contribution in [-0.2, 0) is 19.1 Å². The van der Waals surface area contributed by atoms with Gasteiger partial charge in [0.1, 0.15) is 23.7 Å². The fourth-order valence-electron chi connectivity index (χ4n) is 9.83. The molecule has 5 aromatic carbocycles. The van der Waals surface area contributed by atoms with Crippen molar-refractivity contribution in [1.82, 2.24) is 40.4 Å². The normalized spacial score (nSPS) is 19.9. The molecule has 2 fully saturated rings. The number of methoxy groups -OCH3 is 2. The third kappa shape index (κ3) is 7.57. The molecule has 0 spiro atoms. The summed E-state index contributed by atoms with van der Waals surface area (Å²) in [5.74, 6) is 1.09. The van der Waals surface area contributed by atoms with Crippen LogP contribution >= 0.6 is 0 Å². The van der Waals surface area contributed by atoms with E-state index in [4.69, 9.17) is 19.4 Å². The van der Waals surface area contributed by atoms with Gasteiger partial charge in [-0.15, -0.1) is 0 Å². The highest BCUT2D eigenvalue weighted by atomic mass is 16.5. The summed E-state index contributed by atoms with van der Waals surface area (Å²) in [6.07, 6.45) is 1.06. The lowest BCUT2D eigenvalue weighted by atomic mass is 9.98. The van der Waals surface area contributed by atoms with Gasteiger partial charge in [0.05, 0.1) is 48.4 Å². The van der Waals surface area contributed by atoms with Crippen LogP contribution in [0.15, 0.2) is 91.0 Å². The number of imidazole rings is 2. The lowest BCUT2D eigenvalue weighted by Gasteiger charge is -2.33. The first-order valence-electron chi connectivity index (χ1n) is 21.7. The molecule has 2 aliphatic rings. The second-order valence-corrected chi connectivity index (χ2v) is 17.3. The fourth-order valence-corrected chi connectivity index (χ4v) is 9.83. The topological polar surface area (TPSA) is 175 Å². The Labute approximate surface area is 364 Å². The minimum Gasteiger partial charge on any atom is -0.453 e. The number of alkyl carbamates (subject to hydrolysis) is 2. The number of carbonyl (C=O) groups excluding carboxylic acids is 4. The lowest BCUT2D eigenvalue weighted by molar-refractivity contribution is -0.137. The van der Waals surface area contributed by atoms with Crippen LogP contribution in [0.25, 0.3) is 54.7 Å². The minimum absolute atomic E-state index is 0.0383. The van der Waals surface area contributed by atoms with Gasteiger partial charge >= 0.3 is 12.2 Å². The van der Waals surface area contributed by atoms with E-state index in [0.29, 0.717) is 17.9 Å². The Morgan fingerprint density at radius 3 is 1.92 bits per heavy atom. The van der Waals surface area contributed by atoms with Crippen LogP contribution in [0.1, 0.15) is 82.3 Å². The standard InChI is InChI=1S/C49H52N8O6/c1-26(2)39(54-48(60)62-5)47(59)57-28(4)23-27(3)43(57)45-51-37-21-17-33-25-31(15-19-35(33)42(37)53-45)30-14-18-34-32(24-30)16-20-36-41(34)52-44(50-36)38-13-10-22-56(38)46(58)40(55-49(61)63-6)29-11-8-7-9-12-29/h7-9,11-12,14-21,24-28,38-40,43H,10,13,22-23H2,1-6H3,(H,50,52)(H,51,53)(H,54,60)(H,55,61)/t27-,28+,38+,39+,40-,43+/m1/s1. The fraction of sp³-hybridized carbons (Fsp3) is 0.347. The molecule has 2 saturated heterocycles. The maximum Gasteiger partial charge on any atom is 0.407 e. The van der Waals surface area contributed by atoms with Gasteiger partial charge in [-0.3, -0.25) is 9.59 Å². The van der Waals surface area contributed by atoms with Crippen LogP contribution in [0.3, 0.4) is 0 Å². The van der Waals surface area contributed by atoms with Gasteiger partial charge in [0.2, 0.25) is 5.91 Å². The van der Waals surface area contributed by atoms with Gasteiger partial charge in [0.25, 0.3) is 5.91 Å². The van der Waals surface area contributed by atoms with Crippen molar-refractivity contribution in [3.05, 3.63) is 108 Å². The van der Waals surface area contributed by atoms with Crippen molar-refractivity contribution < 1.29 is 28.7 Å². The Morgan fingerprint density at radius 2 is 1.32 bits per heavy atom. The van der Waals surface area contributed by atoms with E-state index in [1.807, 2.05) is 66.1 Å². The number of nitrogens with zero attached hydrogens (tertiary/aromatic N) is 4. The van der Waals surface area contributed by atoms with E-state index in [0.717, 1.165) is 79.8 Å². The predicted octanol–water partition coefficient (Wildman–Crippen LogP) is 8.85. The average molecular weight is 849 g/mol. The van der Waals surface area contributed by atoms with E-state index < -0.39 is 24.3 Å². The average Bonchev–Trinajstić information content (AvgIpc) is 4.11. The monoisotopic (exact) mass is 848 g/mol. The summed E-state index contributed by atoms with van der Waals surface area (Å²) >= 11 is 0. The number of benzene rings is 5.